The number of nitrogens with one attached hydrogen (secondary N) is 1. The number of hydrogen-bond donors (Lipinski definition) is 2. The first-order valence-electron chi connectivity index (χ1n) is 6.77. The molecule has 1 aromatic rings. The van der Waals surface area contributed by atoms with Gasteiger partial charge in [-0.1, -0.05) is 5.16 Å². The third kappa shape index (κ3) is 4.48. The highest BCUT2D eigenvalue weighted by Crippen LogP contribution is 2.17. The summed E-state index contributed by atoms with van der Waals surface area (Å²) in [5, 5.41) is 15.1. The minimum absolute atomic E-state index is 0.119. The maximum Gasteiger partial charge on any atom is 0.308 e. The fourth-order valence-electron chi connectivity index (χ4n) is 2.11. The molecule has 0 aromatic carbocycles. The van der Waals surface area contributed by atoms with Crippen molar-refractivity contribution in [1.82, 2.24) is 10.1 Å². The number of carboxylic acids is 1. The Kier molecular flexibility index (Phi) is 5.42. The molecule has 1 aliphatic heterocycles. The average Bonchev–Trinajstić information content (AvgIpc) is 3.08. The number of carbonyl (C=O) groups excluding carboxylic acids is 2. The van der Waals surface area contributed by atoms with Crippen LogP contribution in [0, 0.1) is 12.8 Å². The van der Waals surface area contributed by atoms with E-state index in [9.17, 15) is 14.4 Å². The normalized spacial score (nSPS) is 17.5. The molecule has 0 bridgehead atoms. The predicted molar refractivity (Wildman–Crippen MR) is 79.5 cm³/mol. The number of rotatable bonds is 6. The lowest BCUT2D eigenvalue weighted by Crippen LogP contribution is -2.31. The van der Waals surface area contributed by atoms with Crippen LogP contribution in [0.15, 0.2) is 10.6 Å². The molecule has 2 amide bonds. The zero-order valence-electron chi connectivity index (χ0n) is 12.1. The average molecular weight is 327 g/mol. The molecule has 0 saturated carbocycles. The molecule has 9 heteroatoms. The molecule has 1 aliphatic rings. The monoisotopic (exact) mass is 327 g/mol. The number of anilines is 1. The summed E-state index contributed by atoms with van der Waals surface area (Å²) in [5.41, 5.74) is 0. The van der Waals surface area contributed by atoms with Gasteiger partial charge < -0.3 is 19.8 Å². The molecule has 2 rings (SSSR count). The van der Waals surface area contributed by atoms with E-state index in [1.807, 2.05) is 0 Å². The summed E-state index contributed by atoms with van der Waals surface area (Å²) >= 11 is 1.18. The maximum atomic E-state index is 11.9. The van der Waals surface area contributed by atoms with E-state index in [2.05, 4.69) is 10.5 Å². The Hall–Kier alpha value is -2.03. The van der Waals surface area contributed by atoms with Crippen molar-refractivity contribution < 1.29 is 24.0 Å². The van der Waals surface area contributed by atoms with Crippen LogP contribution in [0.4, 0.5) is 5.82 Å². The molecular formula is C13H17N3O5S. The zero-order valence-corrected chi connectivity index (χ0v) is 12.9. The molecule has 1 saturated heterocycles. The van der Waals surface area contributed by atoms with Gasteiger partial charge in [0, 0.05) is 19.2 Å². The SMILES string of the molecule is Cc1cc(NC(=O)CSCC(=O)N2CCC(C(=O)O)C2)no1. The summed E-state index contributed by atoms with van der Waals surface area (Å²) in [6.07, 6.45) is 0.484. The topological polar surface area (TPSA) is 113 Å². The summed E-state index contributed by atoms with van der Waals surface area (Å²) in [4.78, 5) is 35.9. The standard InChI is InChI=1S/C13H17N3O5S/c1-8-4-10(15-21-8)14-11(17)6-22-7-12(18)16-3-2-9(5-16)13(19)20/h4,9H,2-3,5-7H2,1H3,(H,19,20)(H,14,15,17). The van der Waals surface area contributed by atoms with Crippen molar-refractivity contribution in [3.05, 3.63) is 11.8 Å². The number of aromatic nitrogens is 1. The third-order valence-corrected chi connectivity index (χ3v) is 4.16. The predicted octanol–water partition coefficient (Wildman–Crippen LogP) is 0.588. The largest absolute Gasteiger partial charge is 0.481 e. The fourth-order valence-corrected chi connectivity index (χ4v) is 2.83. The molecule has 120 valence electrons. The van der Waals surface area contributed by atoms with Crippen molar-refractivity contribution in [2.75, 3.05) is 29.9 Å². The Morgan fingerprint density at radius 1 is 1.50 bits per heavy atom. The molecule has 1 atom stereocenters. The Morgan fingerprint density at radius 2 is 2.27 bits per heavy atom. The molecule has 1 unspecified atom stereocenters. The number of hydrogen-bond acceptors (Lipinski definition) is 6. The van der Waals surface area contributed by atoms with Crippen LogP contribution in [0.3, 0.4) is 0 Å². The van der Waals surface area contributed by atoms with E-state index < -0.39 is 11.9 Å². The Morgan fingerprint density at radius 3 is 2.86 bits per heavy atom. The van der Waals surface area contributed by atoms with Crippen LogP contribution in [0.5, 0.6) is 0 Å². The van der Waals surface area contributed by atoms with Crippen molar-refractivity contribution in [2.24, 2.45) is 5.92 Å². The lowest BCUT2D eigenvalue weighted by molar-refractivity contribution is -0.141. The van der Waals surface area contributed by atoms with E-state index in [1.165, 1.54) is 16.7 Å². The summed E-state index contributed by atoms with van der Waals surface area (Å²) in [7, 11) is 0. The molecule has 2 N–H and O–H groups in total. The van der Waals surface area contributed by atoms with Gasteiger partial charge in [-0.05, 0) is 13.3 Å². The molecule has 8 nitrogen and oxygen atoms in total. The lowest BCUT2D eigenvalue weighted by Gasteiger charge is -2.15. The van der Waals surface area contributed by atoms with Crippen molar-refractivity contribution in [2.45, 2.75) is 13.3 Å². The Bertz CT molecular complexity index is 574. The molecular weight excluding hydrogens is 310 g/mol. The summed E-state index contributed by atoms with van der Waals surface area (Å²) in [5.74, 6) is -0.545. The van der Waals surface area contributed by atoms with E-state index in [0.29, 0.717) is 24.5 Å². The maximum absolute atomic E-state index is 11.9. The summed E-state index contributed by atoms with van der Waals surface area (Å²) in [6, 6.07) is 1.60. The second kappa shape index (κ2) is 7.30. The van der Waals surface area contributed by atoms with Crippen LogP contribution in [-0.4, -0.2) is 57.5 Å². The molecule has 22 heavy (non-hydrogen) atoms. The van der Waals surface area contributed by atoms with Crippen LogP contribution in [-0.2, 0) is 14.4 Å². The van der Waals surface area contributed by atoms with Gasteiger partial charge in [0.1, 0.15) is 5.76 Å². The van der Waals surface area contributed by atoms with Crippen LogP contribution in [0.2, 0.25) is 0 Å². The lowest BCUT2D eigenvalue weighted by atomic mass is 10.1. The number of aryl methyl sites for hydroxylation is 1. The van der Waals surface area contributed by atoms with Gasteiger partial charge in [0.05, 0.1) is 17.4 Å². The van der Waals surface area contributed by atoms with Crippen molar-refractivity contribution in [3.8, 4) is 0 Å². The smallest absolute Gasteiger partial charge is 0.308 e. The molecule has 2 heterocycles. The number of nitrogens with zero attached hydrogens (tertiary/aromatic N) is 2. The first kappa shape index (κ1) is 16.3. The van der Waals surface area contributed by atoms with E-state index in [1.54, 1.807) is 13.0 Å². The molecule has 1 fully saturated rings. The Balaban J connectivity index is 1.67. The van der Waals surface area contributed by atoms with E-state index in [-0.39, 0.29) is 29.9 Å². The van der Waals surface area contributed by atoms with Crippen molar-refractivity contribution >= 4 is 35.4 Å². The van der Waals surface area contributed by atoms with Gasteiger partial charge in [0.2, 0.25) is 11.8 Å². The first-order valence-corrected chi connectivity index (χ1v) is 7.92. The number of thioether (sulfide) groups is 1. The van der Waals surface area contributed by atoms with Crippen LogP contribution in [0.1, 0.15) is 12.2 Å². The quantitative estimate of drug-likeness (QED) is 0.786. The van der Waals surface area contributed by atoms with Gasteiger partial charge in [0.15, 0.2) is 5.82 Å². The van der Waals surface area contributed by atoms with E-state index >= 15 is 0 Å². The van der Waals surface area contributed by atoms with Crippen LogP contribution in [0.25, 0.3) is 0 Å². The molecule has 1 aromatic heterocycles. The number of carboxylic acid groups (broad SMARTS) is 1. The van der Waals surface area contributed by atoms with E-state index in [4.69, 9.17) is 9.63 Å². The fraction of sp³-hybridized carbons (Fsp3) is 0.538. The summed E-state index contributed by atoms with van der Waals surface area (Å²) in [6.45, 7) is 2.43. The van der Waals surface area contributed by atoms with Gasteiger partial charge >= 0.3 is 5.97 Å². The highest BCUT2D eigenvalue weighted by Gasteiger charge is 2.30. The second-order valence-corrected chi connectivity index (χ2v) is 6.01. The third-order valence-electron chi connectivity index (χ3n) is 3.24. The first-order chi connectivity index (χ1) is 10.5. The number of likely N-dealkylation sites (tertiary alicyclic amines) is 1. The zero-order chi connectivity index (χ0) is 16.1. The van der Waals surface area contributed by atoms with Gasteiger partial charge in [-0.15, -0.1) is 11.8 Å². The van der Waals surface area contributed by atoms with Gasteiger partial charge in [-0.3, -0.25) is 14.4 Å². The highest BCUT2D eigenvalue weighted by atomic mass is 32.2. The molecule has 0 radical (unpaired) electrons. The minimum atomic E-state index is -0.870. The number of carbonyl (C=O) groups is 3. The van der Waals surface area contributed by atoms with Crippen molar-refractivity contribution in [1.29, 1.82) is 0 Å². The van der Waals surface area contributed by atoms with Crippen molar-refractivity contribution in [3.63, 3.8) is 0 Å². The molecule has 0 spiro atoms. The van der Waals surface area contributed by atoms with Gasteiger partial charge in [-0.2, -0.15) is 0 Å². The molecule has 0 aliphatic carbocycles. The van der Waals surface area contributed by atoms with Crippen LogP contribution < -0.4 is 5.32 Å². The van der Waals surface area contributed by atoms with E-state index in [0.717, 1.165) is 0 Å². The number of aliphatic carboxylic acids is 1. The minimum Gasteiger partial charge on any atom is -0.481 e. The van der Waals surface area contributed by atoms with Gasteiger partial charge in [0.25, 0.3) is 0 Å². The summed E-state index contributed by atoms with van der Waals surface area (Å²) < 4.78 is 4.82. The van der Waals surface area contributed by atoms with Gasteiger partial charge in [-0.25, -0.2) is 0 Å². The van der Waals surface area contributed by atoms with Crippen LogP contribution >= 0.6 is 11.8 Å². The number of amides is 2. The second-order valence-electron chi connectivity index (χ2n) is 5.03. The highest BCUT2D eigenvalue weighted by molar-refractivity contribution is 8.00. The Labute approximate surface area is 131 Å².